The Morgan fingerprint density at radius 3 is 2.43 bits per heavy atom. The van der Waals surface area contributed by atoms with Gasteiger partial charge in [-0.15, -0.1) is 0 Å². The van der Waals surface area contributed by atoms with Crippen molar-refractivity contribution in [3.05, 3.63) is 0 Å². The van der Waals surface area contributed by atoms with E-state index < -0.39 is 5.54 Å². The molecule has 0 bridgehead atoms. The first kappa shape index (κ1) is 18.0. The predicted octanol–water partition coefficient (Wildman–Crippen LogP) is 2.10. The van der Waals surface area contributed by atoms with Gasteiger partial charge in [0, 0.05) is 13.7 Å². The van der Waals surface area contributed by atoms with E-state index >= 15 is 0 Å². The van der Waals surface area contributed by atoms with Gasteiger partial charge < -0.3 is 15.0 Å². The molecule has 0 saturated carbocycles. The SMILES string of the molecule is CCCC1C(=O)NC(C)(CC)C(=O)N1CCC(C)(C)OC. The molecule has 1 saturated heterocycles. The third-order valence-corrected chi connectivity index (χ3v) is 4.59. The highest BCUT2D eigenvalue weighted by Crippen LogP contribution is 2.25. The van der Waals surface area contributed by atoms with Crippen LogP contribution in [0.1, 0.15) is 60.3 Å². The molecule has 1 N–H and O–H groups in total. The maximum absolute atomic E-state index is 12.8. The molecular formula is C16H30N2O3. The van der Waals surface area contributed by atoms with Gasteiger partial charge in [0.2, 0.25) is 11.8 Å². The van der Waals surface area contributed by atoms with Gasteiger partial charge in [-0.3, -0.25) is 9.59 Å². The van der Waals surface area contributed by atoms with Gasteiger partial charge in [0.1, 0.15) is 11.6 Å². The van der Waals surface area contributed by atoms with Crippen molar-refractivity contribution in [2.75, 3.05) is 13.7 Å². The molecule has 2 unspecified atom stereocenters. The molecule has 1 rings (SSSR count). The summed E-state index contributed by atoms with van der Waals surface area (Å²) in [5.41, 5.74) is -1.08. The number of carbonyl (C=O) groups is 2. The highest BCUT2D eigenvalue weighted by atomic mass is 16.5. The summed E-state index contributed by atoms with van der Waals surface area (Å²) in [6.45, 7) is 10.3. The number of hydrogen-bond acceptors (Lipinski definition) is 3. The van der Waals surface area contributed by atoms with Gasteiger partial charge in [-0.25, -0.2) is 0 Å². The Bertz CT molecular complexity index is 395. The van der Waals surface area contributed by atoms with Crippen molar-refractivity contribution in [1.82, 2.24) is 10.2 Å². The molecule has 0 spiro atoms. The minimum Gasteiger partial charge on any atom is -0.379 e. The van der Waals surface area contributed by atoms with Crippen LogP contribution in [-0.2, 0) is 14.3 Å². The summed E-state index contributed by atoms with van der Waals surface area (Å²) in [5, 5.41) is 2.91. The number of amides is 2. The molecule has 2 amide bonds. The Kier molecular flexibility index (Phi) is 5.79. The lowest BCUT2D eigenvalue weighted by Gasteiger charge is -2.45. The van der Waals surface area contributed by atoms with Crippen LogP contribution in [0.5, 0.6) is 0 Å². The van der Waals surface area contributed by atoms with E-state index in [4.69, 9.17) is 4.74 Å². The zero-order valence-corrected chi connectivity index (χ0v) is 14.3. The van der Waals surface area contributed by atoms with Gasteiger partial charge in [0.05, 0.1) is 5.60 Å². The number of rotatable bonds is 7. The van der Waals surface area contributed by atoms with Crippen LogP contribution in [0, 0.1) is 0 Å². The summed E-state index contributed by atoms with van der Waals surface area (Å²) in [7, 11) is 1.67. The molecule has 1 fully saturated rings. The Morgan fingerprint density at radius 1 is 1.33 bits per heavy atom. The highest BCUT2D eigenvalue weighted by molar-refractivity contribution is 5.99. The Morgan fingerprint density at radius 2 is 1.95 bits per heavy atom. The quantitative estimate of drug-likeness (QED) is 0.783. The summed E-state index contributed by atoms with van der Waals surface area (Å²) in [6, 6.07) is -0.352. The first-order valence-electron chi connectivity index (χ1n) is 7.89. The Balaban J connectivity index is 2.95. The topological polar surface area (TPSA) is 58.6 Å². The van der Waals surface area contributed by atoms with Crippen LogP contribution in [0.2, 0.25) is 0 Å². The maximum atomic E-state index is 12.8. The minimum atomic E-state index is -0.779. The first-order valence-corrected chi connectivity index (χ1v) is 7.89. The number of hydrogen-bond donors (Lipinski definition) is 1. The van der Waals surface area contributed by atoms with Crippen LogP contribution in [-0.4, -0.2) is 47.6 Å². The summed E-state index contributed by atoms with van der Waals surface area (Å²) in [6.07, 6.45) is 2.88. The lowest BCUT2D eigenvalue weighted by atomic mass is 9.90. The summed E-state index contributed by atoms with van der Waals surface area (Å²) in [5.74, 6) is -0.00836. The van der Waals surface area contributed by atoms with Crippen molar-refractivity contribution in [1.29, 1.82) is 0 Å². The molecule has 1 heterocycles. The normalized spacial score (nSPS) is 27.0. The van der Waals surface area contributed by atoms with Gasteiger partial charge in [-0.1, -0.05) is 20.3 Å². The van der Waals surface area contributed by atoms with Gasteiger partial charge in [0.15, 0.2) is 0 Å². The van der Waals surface area contributed by atoms with Crippen molar-refractivity contribution < 1.29 is 14.3 Å². The van der Waals surface area contributed by atoms with E-state index in [0.717, 1.165) is 6.42 Å². The van der Waals surface area contributed by atoms with E-state index in [2.05, 4.69) is 5.32 Å². The first-order chi connectivity index (χ1) is 9.70. The van der Waals surface area contributed by atoms with Gasteiger partial charge in [-0.05, 0) is 40.0 Å². The van der Waals surface area contributed by atoms with Crippen LogP contribution in [0.3, 0.4) is 0 Å². The van der Waals surface area contributed by atoms with Crippen molar-refractivity contribution in [2.45, 2.75) is 77.5 Å². The van der Waals surface area contributed by atoms with Crippen molar-refractivity contribution in [2.24, 2.45) is 0 Å². The molecular weight excluding hydrogens is 268 g/mol. The lowest BCUT2D eigenvalue weighted by Crippen LogP contribution is -2.69. The second kappa shape index (κ2) is 6.77. The molecule has 0 aromatic heterocycles. The zero-order chi connectivity index (χ0) is 16.3. The molecule has 0 aromatic carbocycles. The molecule has 2 atom stereocenters. The molecule has 122 valence electrons. The molecule has 1 aliphatic heterocycles. The Labute approximate surface area is 128 Å². The third kappa shape index (κ3) is 3.96. The molecule has 21 heavy (non-hydrogen) atoms. The standard InChI is InChI=1S/C16H30N2O3/c1-7-9-12-13(19)17-16(5,8-2)14(20)18(12)11-10-15(3,4)21-6/h12H,7-11H2,1-6H3,(H,17,19). The van der Waals surface area contributed by atoms with Crippen LogP contribution in [0.4, 0.5) is 0 Å². The van der Waals surface area contributed by atoms with Gasteiger partial charge in [0.25, 0.3) is 0 Å². The fourth-order valence-electron chi connectivity index (χ4n) is 2.56. The third-order valence-electron chi connectivity index (χ3n) is 4.59. The molecule has 0 aromatic rings. The smallest absolute Gasteiger partial charge is 0.248 e. The number of nitrogens with one attached hydrogen (secondary N) is 1. The zero-order valence-electron chi connectivity index (χ0n) is 14.3. The summed E-state index contributed by atoms with van der Waals surface area (Å²) < 4.78 is 5.43. The largest absolute Gasteiger partial charge is 0.379 e. The average Bonchev–Trinajstić information content (AvgIpc) is 2.44. The lowest BCUT2D eigenvalue weighted by molar-refractivity contribution is -0.155. The van der Waals surface area contributed by atoms with Crippen LogP contribution in [0.25, 0.3) is 0 Å². The second-order valence-electron chi connectivity index (χ2n) is 6.69. The van der Waals surface area contributed by atoms with Crippen molar-refractivity contribution in [3.63, 3.8) is 0 Å². The van der Waals surface area contributed by atoms with E-state index in [0.29, 0.717) is 25.8 Å². The van der Waals surface area contributed by atoms with Crippen LogP contribution >= 0.6 is 0 Å². The fraction of sp³-hybridized carbons (Fsp3) is 0.875. The summed E-state index contributed by atoms with van der Waals surface area (Å²) in [4.78, 5) is 26.9. The number of nitrogens with zero attached hydrogens (tertiary/aromatic N) is 1. The van der Waals surface area contributed by atoms with Crippen molar-refractivity contribution in [3.8, 4) is 0 Å². The molecule has 1 aliphatic rings. The second-order valence-corrected chi connectivity index (χ2v) is 6.69. The van der Waals surface area contributed by atoms with Crippen LogP contribution < -0.4 is 5.32 Å². The van der Waals surface area contributed by atoms with E-state index in [9.17, 15) is 9.59 Å². The average molecular weight is 298 g/mol. The number of piperazine rings is 1. The fourth-order valence-corrected chi connectivity index (χ4v) is 2.56. The predicted molar refractivity (Wildman–Crippen MR) is 83.0 cm³/mol. The molecule has 0 radical (unpaired) electrons. The summed E-state index contributed by atoms with van der Waals surface area (Å²) >= 11 is 0. The van der Waals surface area contributed by atoms with E-state index in [1.165, 1.54) is 0 Å². The van der Waals surface area contributed by atoms with E-state index in [1.54, 1.807) is 12.0 Å². The molecule has 0 aliphatic carbocycles. The molecule has 5 nitrogen and oxygen atoms in total. The Hall–Kier alpha value is -1.10. The van der Waals surface area contributed by atoms with Gasteiger partial charge in [-0.2, -0.15) is 0 Å². The van der Waals surface area contributed by atoms with E-state index in [1.807, 2.05) is 34.6 Å². The monoisotopic (exact) mass is 298 g/mol. The number of ether oxygens (including phenoxy) is 1. The maximum Gasteiger partial charge on any atom is 0.248 e. The van der Waals surface area contributed by atoms with E-state index in [-0.39, 0.29) is 23.5 Å². The highest BCUT2D eigenvalue weighted by Gasteiger charge is 2.46. The minimum absolute atomic E-state index is 0.0231. The molecule has 5 heteroatoms. The van der Waals surface area contributed by atoms with Crippen molar-refractivity contribution >= 4 is 11.8 Å². The van der Waals surface area contributed by atoms with Gasteiger partial charge >= 0.3 is 0 Å². The number of carbonyl (C=O) groups excluding carboxylic acids is 2. The van der Waals surface area contributed by atoms with Crippen LogP contribution in [0.15, 0.2) is 0 Å². The number of methoxy groups -OCH3 is 1.